The lowest BCUT2D eigenvalue weighted by atomic mass is 10.0. The Bertz CT molecular complexity index is 836. The summed E-state index contributed by atoms with van der Waals surface area (Å²) in [5.41, 5.74) is 2.58. The van der Waals surface area contributed by atoms with Crippen LogP contribution >= 0.6 is 0 Å². The number of nitrogens with one attached hydrogen (secondary N) is 5. The number of nitrogens with zero attached hydrogens (tertiary/aromatic N) is 1. The van der Waals surface area contributed by atoms with E-state index in [4.69, 9.17) is 11.8 Å². The first-order valence-electron chi connectivity index (χ1n) is 8.56. The Labute approximate surface area is 153 Å². The Balaban J connectivity index is 1.99. The number of benzene rings is 1. The van der Waals surface area contributed by atoms with Crippen molar-refractivity contribution < 1.29 is 4.79 Å². The molecule has 0 radical (unpaired) electrons. The van der Waals surface area contributed by atoms with Crippen LogP contribution in [0.4, 0.5) is 11.5 Å². The minimum atomic E-state index is -0.0855. The smallest absolute Gasteiger partial charge is 0.251 e. The summed E-state index contributed by atoms with van der Waals surface area (Å²) in [5.74, 6) is 2.86. The molecule has 0 unspecified atom stereocenters. The molecule has 0 aliphatic heterocycles. The Morgan fingerprint density at radius 1 is 1.38 bits per heavy atom. The SMILES string of the molecule is C#CCNCCCNC(=O)c1ccc(Nc2ncc[nH]c2=N)cc1CC. The molecule has 1 heterocycles. The second-order valence-electron chi connectivity index (χ2n) is 5.65. The molecule has 7 nitrogen and oxygen atoms in total. The van der Waals surface area contributed by atoms with E-state index in [0.717, 1.165) is 30.6 Å². The molecule has 0 saturated heterocycles. The van der Waals surface area contributed by atoms with Gasteiger partial charge in [-0.05, 0) is 43.1 Å². The van der Waals surface area contributed by atoms with Crippen LogP contribution in [-0.2, 0) is 6.42 Å². The topological polar surface area (TPSA) is 106 Å². The van der Waals surface area contributed by atoms with Gasteiger partial charge in [-0.2, -0.15) is 0 Å². The van der Waals surface area contributed by atoms with Gasteiger partial charge in [0.2, 0.25) is 0 Å². The molecule has 1 aromatic carbocycles. The maximum Gasteiger partial charge on any atom is 0.251 e. The Kier molecular flexibility index (Phi) is 7.40. The van der Waals surface area contributed by atoms with Crippen molar-refractivity contribution in [3.63, 3.8) is 0 Å². The van der Waals surface area contributed by atoms with E-state index in [2.05, 4.69) is 31.8 Å². The standard InChI is InChI=1S/C19H24N6O/c1-3-8-21-9-5-10-24-19(26)16-7-6-15(13-14(16)4-2)25-18-17(20)22-11-12-23-18/h1,6-7,11-13,21H,4-5,8-10H2,2H3,(H2,20,22)(H,23,25)(H,24,26). The fourth-order valence-electron chi connectivity index (χ4n) is 2.45. The van der Waals surface area contributed by atoms with Gasteiger partial charge in [0.1, 0.15) is 0 Å². The maximum absolute atomic E-state index is 12.4. The molecule has 1 amide bonds. The Hall–Kier alpha value is -3.11. The predicted octanol–water partition coefficient (Wildman–Crippen LogP) is 1.54. The highest BCUT2D eigenvalue weighted by atomic mass is 16.1. The molecule has 0 atom stereocenters. The molecule has 26 heavy (non-hydrogen) atoms. The number of terminal acetylenes is 1. The van der Waals surface area contributed by atoms with E-state index >= 15 is 0 Å². The fourth-order valence-corrected chi connectivity index (χ4v) is 2.45. The highest BCUT2D eigenvalue weighted by Gasteiger charge is 2.11. The number of aryl methyl sites for hydroxylation is 1. The van der Waals surface area contributed by atoms with E-state index in [1.54, 1.807) is 18.5 Å². The zero-order valence-electron chi connectivity index (χ0n) is 14.9. The molecule has 7 heteroatoms. The lowest BCUT2D eigenvalue weighted by molar-refractivity contribution is 0.0952. The maximum atomic E-state index is 12.4. The molecule has 2 rings (SSSR count). The summed E-state index contributed by atoms with van der Waals surface area (Å²) in [6.07, 6.45) is 9.89. The summed E-state index contributed by atoms with van der Waals surface area (Å²) >= 11 is 0. The molecule has 136 valence electrons. The number of aromatic amines is 1. The average Bonchev–Trinajstić information content (AvgIpc) is 2.66. The van der Waals surface area contributed by atoms with Gasteiger partial charge in [-0.3, -0.25) is 10.2 Å². The molecular formula is C19H24N6O. The third-order valence-corrected chi connectivity index (χ3v) is 3.78. The minimum Gasteiger partial charge on any atom is -0.352 e. The molecule has 5 N–H and O–H groups in total. The molecule has 2 aromatic rings. The largest absolute Gasteiger partial charge is 0.352 e. The second-order valence-corrected chi connectivity index (χ2v) is 5.65. The van der Waals surface area contributed by atoms with Gasteiger partial charge in [-0.1, -0.05) is 12.8 Å². The van der Waals surface area contributed by atoms with Gasteiger partial charge in [0.15, 0.2) is 11.3 Å². The highest BCUT2D eigenvalue weighted by molar-refractivity contribution is 5.96. The highest BCUT2D eigenvalue weighted by Crippen LogP contribution is 2.18. The van der Waals surface area contributed by atoms with Crippen molar-refractivity contribution in [2.24, 2.45) is 0 Å². The first-order chi connectivity index (χ1) is 12.7. The molecule has 0 fully saturated rings. The van der Waals surface area contributed by atoms with Crippen LogP contribution in [0, 0.1) is 17.8 Å². The minimum absolute atomic E-state index is 0.0855. The van der Waals surface area contributed by atoms with Crippen LogP contribution in [0.1, 0.15) is 29.3 Å². The second kappa shape index (κ2) is 10.0. The monoisotopic (exact) mass is 352 g/mol. The van der Waals surface area contributed by atoms with Crippen molar-refractivity contribution in [1.29, 1.82) is 5.41 Å². The third-order valence-electron chi connectivity index (χ3n) is 3.78. The summed E-state index contributed by atoms with van der Waals surface area (Å²) in [4.78, 5) is 19.3. The molecule has 0 aliphatic carbocycles. The van der Waals surface area contributed by atoms with Gasteiger partial charge < -0.3 is 20.9 Å². The first kappa shape index (κ1) is 19.2. The summed E-state index contributed by atoms with van der Waals surface area (Å²) < 4.78 is 0. The number of carbonyl (C=O) groups is 1. The number of H-pyrrole nitrogens is 1. The molecular weight excluding hydrogens is 328 g/mol. The summed E-state index contributed by atoms with van der Waals surface area (Å²) in [7, 11) is 0. The van der Waals surface area contributed by atoms with E-state index in [0.29, 0.717) is 24.5 Å². The fraction of sp³-hybridized carbons (Fsp3) is 0.316. The van der Waals surface area contributed by atoms with Gasteiger partial charge in [0, 0.05) is 30.2 Å². The van der Waals surface area contributed by atoms with Crippen molar-refractivity contribution >= 4 is 17.4 Å². The molecule has 0 spiro atoms. The number of rotatable bonds is 9. The quantitative estimate of drug-likeness (QED) is 0.349. The molecule has 0 aliphatic rings. The third kappa shape index (κ3) is 5.46. The number of carbonyl (C=O) groups excluding carboxylic acids is 1. The summed E-state index contributed by atoms with van der Waals surface area (Å²) in [5, 5.41) is 16.9. The molecule has 0 saturated carbocycles. The van der Waals surface area contributed by atoms with Crippen LogP contribution in [-0.4, -0.2) is 35.5 Å². The van der Waals surface area contributed by atoms with Crippen molar-refractivity contribution in [2.75, 3.05) is 25.0 Å². The van der Waals surface area contributed by atoms with Gasteiger partial charge in [0.25, 0.3) is 5.91 Å². The van der Waals surface area contributed by atoms with Crippen molar-refractivity contribution in [1.82, 2.24) is 20.6 Å². The molecule has 0 bridgehead atoms. The van der Waals surface area contributed by atoms with Gasteiger partial charge in [0.05, 0.1) is 6.54 Å². The van der Waals surface area contributed by atoms with Crippen LogP contribution in [0.2, 0.25) is 0 Å². The van der Waals surface area contributed by atoms with E-state index in [9.17, 15) is 4.79 Å². The van der Waals surface area contributed by atoms with Crippen LogP contribution in [0.25, 0.3) is 0 Å². The number of aromatic nitrogens is 2. The van der Waals surface area contributed by atoms with Crippen LogP contribution in [0.3, 0.4) is 0 Å². The predicted molar refractivity (Wildman–Crippen MR) is 102 cm³/mol. The number of hydrogen-bond donors (Lipinski definition) is 5. The normalized spacial score (nSPS) is 10.2. The van der Waals surface area contributed by atoms with E-state index < -0.39 is 0 Å². The Morgan fingerprint density at radius 3 is 2.96 bits per heavy atom. The van der Waals surface area contributed by atoms with Crippen LogP contribution in [0.15, 0.2) is 30.6 Å². The number of amides is 1. The average molecular weight is 352 g/mol. The van der Waals surface area contributed by atoms with Crippen LogP contribution in [0.5, 0.6) is 0 Å². The number of anilines is 2. The lowest BCUT2D eigenvalue weighted by Gasteiger charge is -2.12. The Morgan fingerprint density at radius 2 is 2.23 bits per heavy atom. The van der Waals surface area contributed by atoms with Crippen molar-refractivity contribution in [3.05, 3.63) is 47.2 Å². The molecule has 1 aromatic heterocycles. The summed E-state index contributed by atoms with van der Waals surface area (Å²) in [6.45, 7) is 3.90. The first-order valence-corrected chi connectivity index (χ1v) is 8.56. The van der Waals surface area contributed by atoms with Crippen molar-refractivity contribution in [3.8, 4) is 12.3 Å². The van der Waals surface area contributed by atoms with E-state index in [-0.39, 0.29) is 11.4 Å². The van der Waals surface area contributed by atoms with Crippen LogP contribution < -0.4 is 21.4 Å². The summed E-state index contributed by atoms with van der Waals surface area (Å²) in [6, 6.07) is 5.53. The lowest BCUT2D eigenvalue weighted by Crippen LogP contribution is -2.28. The zero-order chi connectivity index (χ0) is 18.8. The van der Waals surface area contributed by atoms with Gasteiger partial charge >= 0.3 is 0 Å². The van der Waals surface area contributed by atoms with Crippen molar-refractivity contribution in [2.45, 2.75) is 19.8 Å². The van der Waals surface area contributed by atoms with E-state index in [1.807, 2.05) is 19.1 Å². The van der Waals surface area contributed by atoms with E-state index in [1.165, 1.54) is 0 Å². The zero-order valence-corrected chi connectivity index (χ0v) is 14.9. The van der Waals surface area contributed by atoms with Gasteiger partial charge in [-0.15, -0.1) is 6.42 Å². The number of hydrogen-bond acceptors (Lipinski definition) is 5. The van der Waals surface area contributed by atoms with Gasteiger partial charge in [-0.25, -0.2) is 4.98 Å².